The van der Waals surface area contributed by atoms with Gasteiger partial charge < -0.3 is 4.57 Å². The van der Waals surface area contributed by atoms with Gasteiger partial charge in [0.1, 0.15) is 5.82 Å². The van der Waals surface area contributed by atoms with Crippen molar-refractivity contribution in [3.8, 4) is 5.69 Å². The van der Waals surface area contributed by atoms with Crippen LogP contribution in [0.25, 0.3) is 16.6 Å². The van der Waals surface area contributed by atoms with Crippen molar-refractivity contribution in [2.45, 2.75) is 27.2 Å². The first-order valence-corrected chi connectivity index (χ1v) is 11.2. The molecule has 4 aromatic rings. The number of hydrogen-bond acceptors (Lipinski definition) is 3. The third-order valence-electron chi connectivity index (χ3n) is 5.12. The molecule has 0 saturated heterocycles. The van der Waals surface area contributed by atoms with Gasteiger partial charge in [0.25, 0.3) is 5.56 Å². The minimum Gasteiger partial charge on any atom is -0.316 e. The average molecular weight is 518 g/mol. The second-order valence-corrected chi connectivity index (χ2v) is 8.92. The molecule has 0 N–H and O–H groups in total. The summed E-state index contributed by atoms with van der Waals surface area (Å²) in [5.74, 6) is 0.602. The van der Waals surface area contributed by atoms with Crippen molar-refractivity contribution in [1.29, 1.82) is 0 Å². The standard InChI is InChI=1S/C23H19BrCl2N4O/c1-4-22-28-20-7-5-16(24)10-18(20)23(31)30(22)27-12-15-9-13(2)29(14(15)3)21-8-6-17(25)11-19(21)26/h5-12H,4H2,1-3H3. The molecule has 0 aliphatic carbocycles. The predicted molar refractivity (Wildman–Crippen MR) is 131 cm³/mol. The van der Waals surface area contributed by atoms with E-state index in [0.717, 1.165) is 27.1 Å². The van der Waals surface area contributed by atoms with Gasteiger partial charge in [0.2, 0.25) is 0 Å². The number of rotatable bonds is 4. The van der Waals surface area contributed by atoms with Gasteiger partial charge in [-0.15, -0.1) is 0 Å². The van der Waals surface area contributed by atoms with Crippen molar-refractivity contribution < 1.29 is 0 Å². The second-order valence-electron chi connectivity index (χ2n) is 7.16. The Hall–Kier alpha value is -2.41. The molecule has 0 unspecified atom stereocenters. The van der Waals surface area contributed by atoms with Gasteiger partial charge in [-0.25, -0.2) is 4.98 Å². The van der Waals surface area contributed by atoms with E-state index in [0.29, 0.717) is 33.2 Å². The highest BCUT2D eigenvalue weighted by atomic mass is 79.9. The quantitative estimate of drug-likeness (QED) is 0.297. The molecule has 0 aliphatic rings. The molecule has 8 heteroatoms. The van der Waals surface area contributed by atoms with E-state index in [1.54, 1.807) is 24.4 Å². The third-order valence-corrected chi connectivity index (χ3v) is 6.16. The van der Waals surface area contributed by atoms with Gasteiger partial charge in [-0.1, -0.05) is 46.1 Å². The summed E-state index contributed by atoms with van der Waals surface area (Å²) in [6.07, 6.45) is 2.27. The molecule has 0 aliphatic heterocycles. The molecular weight excluding hydrogens is 499 g/mol. The average Bonchev–Trinajstić information content (AvgIpc) is 3.01. The zero-order chi connectivity index (χ0) is 22.3. The van der Waals surface area contributed by atoms with Gasteiger partial charge in [0.05, 0.1) is 27.8 Å². The van der Waals surface area contributed by atoms with Crippen LogP contribution >= 0.6 is 39.1 Å². The van der Waals surface area contributed by atoms with Crippen molar-refractivity contribution >= 4 is 56.2 Å². The van der Waals surface area contributed by atoms with Crippen molar-refractivity contribution in [1.82, 2.24) is 14.2 Å². The van der Waals surface area contributed by atoms with Crippen molar-refractivity contribution in [3.05, 3.63) is 90.1 Å². The van der Waals surface area contributed by atoms with Crippen LogP contribution in [0.15, 0.2) is 56.8 Å². The van der Waals surface area contributed by atoms with Crippen LogP contribution in [0.1, 0.15) is 29.7 Å². The van der Waals surface area contributed by atoms with Crippen molar-refractivity contribution in [3.63, 3.8) is 0 Å². The Balaban J connectivity index is 1.82. The smallest absolute Gasteiger partial charge is 0.282 e. The molecule has 0 spiro atoms. The van der Waals surface area contributed by atoms with E-state index >= 15 is 0 Å². The fourth-order valence-electron chi connectivity index (χ4n) is 3.61. The van der Waals surface area contributed by atoms with Crippen LogP contribution in [0, 0.1) is 13.8 Å². The zero-order valence-electron chi connectivity index (χ0n) is 17.2. The fraction of sp³-hybridized carbons (Fsp3) is 0.174. The van der Waals surface area contributed by atoms with E-state index in [-0.39, 0.29) is 5.56 Å². The summed E-state index contributed by atoms with van der Waals surface area (Å²) in [4.78, 5) is 17.7. The van der Waals surface area contributed by atoms with E-state index in [1.807, 2.05) is 49.6 Å². The molecule has 0 radical (unpaired) electrons. The molecule has 0 saturated carbocycles. The maximum atomic E-state index is 13.1. The monoisotopic (exact) mass is 516 g/mol. The Morgan fingerprint density at radius 1 is 1.13 bits per heavy atom. The fourth-order valence-corrected chi connectivity index (χ4v) is 4.47. The Labute approximate surface area is 198 Å². The van der Waals surface area contributed by atoms with Gasteiger partial charge in [0.15, 0.2) is 0 Å². The number of aryl methyl sites for hydroxylation is 2. The van der Waals surface area contributed by atoms with E-state index in [9.17, 15) is 4.79 Å². The molecule has 0 bridgehead atoms. The summed E-state index contributed by atoms with van der Waals surface area (Å²) in [7, 11) is 0. The van der Waals surface area contributed by atoms with Crippen LogP contribution in [0.5, 0.6) is 0 Å². The summed E-state index contributed by atoms with van der Waals surface area (Å²) in [5.41, 5.74) is 4.12. The molecule has 158 valence electrons. The van der Waals surface area contributed by atoms with Crippen LogP contribution in [-0.2, 0) is 6.42 Å². The molecule has 0 fully saturated rings. The van der Waals surface area contributed by atoms with E-state index in [1.165, 1.54) is 4.68 Å². The maximum absolute atomic E-state index is 13.1. The zero-order valence-corrected chi connectivity index (χ0v) is 20.3. The number of fused-ring (bicyclic) bond motifs is 1. The number of nitrogens with zero attached hydrogens (tertiary/aromatic N) is 4. The molecule has 0 amide bonds. The SMILES string of the molecule is CCc1nc2ccc(Br)cc2c(=O)n1N=Cc1cc(C)n(-c2ccc(Cl)cc2Cl)c1C. The van der Waals surface area contributed by atoms with Crippen LogP contribution in [0.2, 0.25) is 10.0 Å². The van der Waals surface area contributed by atoms with Gasteiger partial charge >= 0.3 is 0 Å². The van der Waals surface area contributed by atoms with Crippen LogP contribution in [-0.4, -0.2) is 20.4 Å². The highest BCUT2D eigenvalue weighted by molar-refractivity contribution is 9.10. The molecule has 2 aromatic heterocycles. The Morgan fingerprint density at radius 2 is 1.90 bits per heavy atom. The Bertz CT molecular complexity index is 1410. The van der Waals surface area contributed by atoms with Gasteiger partial charge in [-0.05, 0) is 56.3 Å². The third kappa shape index (κ3) is 4.07. The van der Waals surface area contributed by atoms with E-state index in [4.69, 9.17) is 23.2 Å². The van der Waals surface area contributed by atoms with Gasteiger partial charge in [-0.3, -0.25) is 4.79 Å². The summed E-state index contributed by atoms with van der Waals surface area (Å²) >= 11 is 15.9. The Kier molecular flexibility index (Phi) is 6.06. The molecule has 5 nitrogen and oxygen atoms in total. The minimum atomic E-state index is -0.200. The van der Waals surface area contributed by atoms with Crippen LogP contribution in [0.4, 0.5) is 0 Å². The maximum Gasteiger partial charge on any atom is 0.282 e. The van der Waals surface area contributed by atoms with E-state index in [2.05, 4.69) is 26.0 Å². The van der Waals surface area contributed by atoms with Crippen LogP contribution < -0.4 is 5.56 Å². The summed E-state index contributed by atoms with van der Waals surface area (Å²) in [6.45, 7) is 5.93. The Morgan fingerprint density at radius 3 is 2.61 bits per heavy atom. The largest absolute Gasteiger partial charge is 0.316 e. The molecule has 0 atom stereocenters. The van der Waals surface area contributed by atoms with Crippen molar-refractivity contribution in [2.75, 3.05) is 0 Å². The lowest BCUT2D eigenvalue weighted by atomic mass is 10.2. The first-order chi connectivity index (χ1) is 14.8. The molecule has 31 heavy (non-hydrogen) atoms. The van der Waals surface area contributed by atoms with Crippen molar-refractivity contribution in [2.24, 2.45) is 5.10 Å². The molecule has 4 rings (SSSR count). The lowest BCUT2D eigenvalue weighted by Crippen LogP contribution is -2.22. The normalized spacial score (nSPS) is 11.7. The molecular formula is C23H19BrCl2N4O. The van der Waals surface area contributed by atoms with E-state index < -0.39 is 0 Å². The summed E-state index contributed by atoms with van der Waals surface area (Å²) in [5, 5.41) is 6.17. The minimum absolute atomic E-state index is 0.200. The lowest BCUT2D eigenvalue weighted by Gasteiger charge is -2.12. The predicted octanol–water partition coefficient (Wildman–Crippen LogP) is 6.32. The first kappa shape index (κ1) is 21.8. The van der Waals surface area contributed by atoms with Crippen LogP contribution in [0.3, 0.4) is 0 Å². The summed E-state index contributed by atoms with van der Waals surface area (Å²) < 4.78 is 4.23. The highest BCUT2D eigenvalue weighted by Gasteiger charge is 2.14. The number of aromatic nitrogens is 3. The first-order valence-electron chi connectivity index (χ1n) is 9.70. The molecule has 2 heterocycles. The van der Waals surface area contributed by atoms with Gasteiger partial charge in [0, 0.05) is 32.9 Å². The second kappa shape index (κ2) is 8.61. The summed E-state index contributed by atoms with van der Waals surface area (Å²) in [6, 6.07) is 12.9. The lowest BCUT2D eigenvalue weighted by molar-refractivity contribution is 0.734. The number of benzene rings is 2. The number of hydrogen-bond donors (Lipinski definition) is 0. The topological polar surface area (TPSA) is 52.2 Å². The highest BCUT2D eigenvalue weighted by Crippen LogP contribution is 2.28. The van der Waals surface area contributed by atoms with Gasteiger partial charge in [-0.2, -0.15) is 9.78 Å². The molecule has 2 aromatic carbocycles. The number of halogens is 3.